The van der Waals surface area contributed by atoms with Gasteiger partial charge in [-0.1, -0.05) is 18.2 Å². The van der Waals surface area contributed by atoms with Crippen molar-refractivity contribution in [3.8, 4) is 0 Å². The molecule has 0 saturated carbocycles. The molecule has 3 rings (SSSR count). The summed E-state index contributed by atoms with van der Waals surface area (Å²) >= 11 is 0. The van der Waals surface area contributed by atoms with Crippen LogP contribution in [0.2, 0.25) is 0 Å². The Labute approximate surface area is 212 Å². The Hall–Kier alpha value is -3.14. The largest absolute Gasteiger partial charge is 0.463 e. The predicted molar refractivity (Wildman–Crippen MR) is 135 cm³/mol. The summed E-state index contributed by atoms with van der Waals surface area (Å²) in [6.45, 7) is 13.7. The summed E-state index contributed by atoms with van der Waals surface area (Å²) in [4.78, 5) is 44.4. The molecular formula is C26H38FN5O4. The lowest BCUT2D eigenvalue weighted by Crippen LogP contribution is -2.59. The molecule has 2 aliphatic heterocycles. The molecule has 0 unspecified atom stereocenters. The monoisotopic (exact) mass is 503 g/mol. The zero-order chi connectivity index (χ0) is 26.6. The fourth-order valence-electron chi connectivity index (χ4n) is 4.68. The normalized spacial score (nSPS) is 21.4. The summed E-state index contributed by atoms with van der Waals surface area (Å²) < 4.78 is 20.1. The van der Waals surface area contributed by atoms with Crippen molar-refractivity contribution in [1.29, 1.82) is 0 Å². The van der Waals surface area contributed by atoms with E-state index < -0.39 is 23.9 Å². The summed E-state index contributed by atoms with van der Waals surface area (Å²) in [5.41, 5.74) is 0.586. The van der Waals surface area contributed by atoms with E-state index in [1.54, 1.807) is 30.0 Å². The van der Waals surface area contributed by atoms with Gasteiger partial charge in [-0.2, -0.15) is 0 Å². The van der Waals surface area contributed by atoms with Crippen LogP contribution in [0, 0.1) is 5.82 Å². The number of esters is 1. The summed E-state index contributed by atoms with van der Waals surface area (Å²) in [6.07, 6.45) is 0. The molecule has 0 bridgehead atoms. The first-order chi connectivity index (χ1) is 17.0. The van der Waals surface area contributed by atoms with Crippen molar-refractivity contribution in [3.63, 3.8) is 0 Å². The maximum absolute atomic E-state index is 14.8. The summed E-state index contributed by atoms with van der Waals surface area (Å²) in [7, 11) is 0. The van der Waals surface area contributed by atoms with E-state index in [2.05, 4.69) is 15.5 Å². The summed E-state index contributed by atoms with van der Waals surface area (Å²) in [5, 5.41) is 5.80. The molecule has 1 saturated heterocycles. The van der Waals surface area contributed by atoms with Crippen LogP contribution >= 0.6 is 0 Å². The van der Waals surface area contributed by atoms with Gasteiger partial charge in [-0.3, -0.25) is 9.80 Å². The van der Waals surface area contributed by atoms with Gasteiger partial charge in [-0.15, -0.1) is 0 Å². The lowest BCUT2D eigenvalue weighted by Gasteiger charge is -2.43. The minimum absolute atomic E-state index is 0.0809. The van der Waals surface area contributed by atoms with E-state index in [1.807, 2.05) is 34.6 Å². The highest BCUT2D eigenvalue weighted by molar-refractivity contribution is 5.95. The number of ether oxygens (including phenoxy) is 1. The fourth-order valence-corrected chi connectivity index (χ4v) is 4.68. The van der Waals surface area contributed by atoms with Gasteiger partial charge >= 0.3 is 18.0 Å². The van der Waals surface area contributed by atoms with Crippen molar-refractivity contribution in [3.05, 3.63) is 46.9 Å². The number of rotatable bonds is 6. The highest BCUT2D eigenvalue weighted by Gasteiger charge is 2.40. The molecule has 0 radical (unpaired) electrons. The van der Waals surface area contributed by atoms with Gasteiger partial charge in [0.15, 0.2) is 0 Å². The second-order valence-corrected chi connectivity index (χ2v) is 10.2. The fraction of sp³-hybridized carbons (Fsp3) is 0.577. The summed E-state index contributed by atoms with van der Waals surface area (Å²) in [5.74, 6) is -1.10. The molecule has 10 heteroatoms. The molecule has 0 aromatic heterocycles. The topological polar surface area (TPSA) is 94.2 Å². The number of amides is 4. The highest BCUT2D eigenvalue weighted by Crippen LogP contribution is 2.33. The number of nitrogens with one attached hydrogen (secondary N) is 2. The van der Waals surface area contributed by atoms with Crippen molar-refractivity contribution in [2.45, 2.75) is 59.2 Å². The SMILES string of the molecule is CCOC(=O)C1=C(CN2CCN(C(=O)NC(C)(C)C)[C@H](C)C2)N(CC)C(=O)N[C@@H]1c1ccccc1F. The van der Waals surface area contributed by atoms with Crippen LogP contribution in [0.5, 0.6) is 0 Å². The first-order valence-electron chi connectivity index (χ1n) is 12.5. The Morgan fingerprint density at radius 3 is 2.47 bits per heavy atom. The molecule has 2 aliphatic rings. The van der Waals surface area contributed by atoms with Gasteiger partial charge in [0.05, 0.1) is 18.2 Å². The second kappa shape index (κ2) is 11.3. The molecule has 0 spiro atoms. The zero-order valence-corrected chi connectivity index (χ0v) is 22.1. The van der Waals surface area contributed by atoms with Crippen molar-refractivity contribution in [2.24, 2.45) is 0 Å². The molecule has 0 aliphatic carbocycles. The number of nitrogens with zero attached hydrogens (tertiary/aromatic N) is 3. The van der Waals surface area contributed by atoms with Crippen LogP contribution in [-0.2, 0) is 9.53 Å². The van der Waals surface area contributed by atoms with Gasteiger partial charge in [0.25, 0.3) is 0 Å². The number of halogens is 1. The van der Waals surface area contributed by atoms with Crippen molar-refractivity contribution < 1.29 is 23.5 Å². The van der Waals surface area contributed by atoms with E-state index >= 15 is 0 Å². The molecule has 2 N–H and O–H groups in total. The zero-order valence-electron chi connectivity index (χ0n) is 22.1. The van der Waals surface area contributed by atoms with E-state index in [0.29, 0.717) is 38.4 Å². The third kappa shape index (κ3) is 6.16. The van der Waals surface area contributed by atoms with Gasteiger partial charge in [0.2, 0.25) is 0 Å². The standard InChI is InChI=1S/C26H38FN5O4/c1-7-31-20(16-30-13-14-32(17(3)15-30)25(35)29-26(4,5)6)21(23(33)36-8-2)22(28-24(31)34)18-11-9-10-12-19(18)27/h9-12,17,22H,7-8,13-16H2,1-6H3,(H,28,34)(H,29,35)/t17-,22-/m1/s1. The summed E-state index contributed by atoms with van der Waals surface area (Å²) in [6, 6.07) is 4.54. The molecular weight excluding hydrogens is 465 g/mol. The Morgan fingerprint density at radius 1 is 1.19 bits per heavy atom. The Bertz CT molecular complexity index is 1020. The van der Waals surface area contributed by atoms with Crippen LogP contribution in [0.15, 0.2) is 35.5 Å². The third-order valence-electron chi connectivity index (χ3n) is 6.29. The van der Waals surface area contributed by atoms with Crippen LogP contribution in [-0.4, -0.2) is 83.6 Å². The van der Waals surface area contributed by atoms with E-state index in [0.717, 1.165) is 0 Å². The van der Waals surface area contributed by atoms with Gasteiger partial charge in [-0.25, -0.2) is 18.8 Å². The molecule has 2 heterocycles. The first-order valence-corrected chi connectivity index (χ1v) is 12.5. The average molecular weight is 504 g/mol. The molecule has 2 atom stereocenters. The first kappa shape index (κ1) is 27.4. The number of hydrogen-bond donors (Lipinski definition) is 2. The highest BCUT2D eigenvalue weighted by atomic mass is 19.1. The van der Waals surface area contributed by atoms with Gasteiger partial charge in [0.1, 0.15) is 5.82 Å². The average Bonchev–Trinajstić information content (AvgIpc) is 2.78. The third-order valence-corrected chi connectivity index (χ3v) is 6.29. The quantitative estimate of drug-likeness (QED) is 0.582. The maximum Gasteiger partial charge on any atom is 0.338 e. The number of urea groups is 2. The molecule has 198 valence electrons. The maximum atomic E-state index is 14.8. The minimum Gasteiger partial charge on any atom is -0.463 e. The Kier molecular flexibility index (Phi) is 8.60. The number of carbonyl (C=O) groups excluding carboxylic acids is 3. The van der Waals surface area contributed by atoms with Crippen molar-refractivity contribution in [2.75, 3.05) is 39.3 Å². The Morgan fingerprint density at radius 2 is 1.89 bits per heavy atom. The number of carbonyl (C=O) groups is 3. The van der Waals surface area contributed by atoms with Crippen LogP contribution < -0.4 is 10.6 Å². The van der Waals surface area contributed by atoms with Crippen LogP contribution in [0.3, 0.4) is 0 Å². The van der Waals surface area contributed by atoms with Crippen molar-refractivity contribution >= 4 is 18.0 Å². The Balaban J connectivity index is 1.94. The van der Waals surface area contributed by atoms with Crippen molar-refractivity contribution in [1.82, 2.24) is 25.3 Å². The second-order valence-electron chi connectivity index (χ2n) is 10.2. The number of likely N-dealkylation sites (N-methyl/N-ethyl adjacent to an activating group) is 1. The van der Waals surface area contributed by atoms with Crippen LogP contribution in [0.1, 0.15) is 53.1 Å². The molecule has 9 nitrogen and oxygen atoms in total. The predicted octanol–water partition coefficient (Wildman–Crippen LogP) is 3.24. The van der Waals surface area contributed by atoms with Gasteiger partial charge < -0.3 is 20.3 Å². The van der Waals surface area contributed by atoms with Gasteiger partial charge in [-0.05, 0) is 47.6 Å². The minimum atomic E-state index is -0.966. The lowest BCUT2D eigenvalue weighted by atomic mass is 9.93. The number of piperazine rings is 1. The van der Waals surface area contributed by atoms with E-state index in [9.17, 15) is 18.8 Å². The molecule has 36 heavy (non-hydrogen) atoms. The smallest absolute Gasteiger partial charge is 0.338 e. The molecule has 1 fully saturated rings. The van der Waals surface area contributed by atoms with Crippen LogP contribution in [0.25, 0.3) is 0 Å². The van der Waals surface area contributed by atoms with E-state index in [1.165, 1.54) is 11.0 Å². The lowest BCUT2D eigenvalue weighted by molar-refractivity contribution is -0.139. The molecule has 1 aromatic carbocycles. The molecule has 4 amide bonds. The van der Waals surface area contributed by atoms with Gasteiger partial charge in [0, 0.05) is 55.6 Å². The number of hydrogen-bond acceptors (Lipinski definition) is 5. The molecule has 1 aromatic rings. The number of benzene rings is 1. The van der Waals surface area contributed by atoms with Crippen LogP contribution in [0.4, 0.5) is 14.0 Å². The van der Waals surface area contributed by atoms with E-state index in [-0.39, 0.29) is 35.4 Å². The van der Waals surface area contributed by atoms with E-state index in [4.69, 9.17) is 4.74 Å².